The first-order chi connectivity index (χ1) is 11.1. The van der Waals surface area contributed by atoms with E-state index in [4.69, 9.17) is 4.74 Å². The first-order valence-electron chi connectivity index (χ1n) is 8.09. The molecule has 1 aromatic carbocycles. The van der Waals surface area contributed by atoms with E-state index in [1.54, 1.807) is 19.2 Å². The summed E-state index contributed by atoms with van der Waals surface area (Å²) in [5, 5.41) is 3.53. The van der Waals surface area contributed by atoms with Crippen LogP contribution in [0.25, 0.3) is 10.9 Å². The van der Waals surface area contributed by atoms with E-state index in [1.807, 2.05) is 6.07 Å². The third kappa shape index (κ3) is 2.96. The number of aryl methyl sites for hydroxylation is 1. The summed E-state index contributed by atoms with van der Waals surface area (Å²) >= 11 is 0. The lowest BCUT2D eigenvalue weighted by molar-refractivity contribution is 0.0961. The van der Waals surface area contributed by atoms with Gasteiger partial charge in [-0.2, -0.15) is 0 Å². The zero-order valence-corrected chi connectivity index (χ0v) is 13.6. The normalized spacial score (nSPS) is 14.5. The molecule has 1 fully saturated rings. The van der Waals surface area contributed by atoms with Gasteiger partial charge in [0.1, 0.15) is 11.3 Å². The highest BCUT2D eigenvalue weighted by molar-refractivity contribution is 6.08. The third-order valence-electron chi connectivity index (χ3n) is 4.79. The van der Waals surface area contributed by atoms with Crippen molar-refractivity contribution < 1.29 is 9.53 Å². The second-order valence-electron chi connectivity index (χ2n) is 6.14. The van der Waals surface area contributed by atoms with Crippen molar-refractivity contribution in [1.82, 2.24) is 10.3 Å². The Kier molecular flexibility index (Phi) is 4.37. The molecular weight excluding hydrogens is 292 g/mol. The van der Waals surface area contributed by atoms with E-state index < -0.39 is 0 Å². The first kappa shape index (κ1) is 15.6. The molecule has 1 saturated carbocycles. The van der Waals surface area contributed by atoms with Crippen molar-refractivity contribution in [1.29, 1.82) is 0 Å². The van der Waals surface area contributed by atoms with Crippen LogP contribution in [-0.2, 0) is 6.42 Å². The number of pyridine rings is 1. The number of benzene rings is 1. The summed E-state index contributed by atoms with van der Waals surface area (Å²) in [5.41, 5.74) is 1.76. The Labute approximate surface area is 135 Å². The lowest BCUT2D eigenvalue weighted by Crippen LogP contribution is -2.21. The molecule has 5 heteroatoms. The molecule has 1 aliphatic rings. The van der Waals surface area contributed by atoms with E-state index in [2.05, 4.69) is 10.3 Å². The summed E-state index contributed by atoms with van der Waals surface area (Å²) in [6, 6.07) is 5.37. The number of aromatic nitrogens is 1. The maximum Gasteiger partial charge on any atom is 0.256 e. The quantitative estimate of drug-likeness (QED) is 0.891. The van der Waals surface area contributed by atoms with Gasteiger partial charge in [0.05, 0.1) is 12.6 Å². The minimum absolute atomic E-state index is 0.181. The topological polar surface area (TPSA) is 71.2 Å². The zero-order valence-electron chi connectivity index (χ0n) is 13.6. The SMILES string of the molecule is CNC(=O)c1c(OC)ccc2c(CCC3CCC3)cc(=O)[nH]c12. The van der Waals surface area contributed by atoms with Gasteiger partial charge < -0.3 is 15.0 Å². The number of ether oxygens (including phenoxy) is 1. The molecule has 1 heterocycles. The minimum Gasteiger partial charge on any atom is -0.496 e. The maximum atomic E-state index is 12.2. The molecule has 23 heavy (non-hydrogen) atoms. The van der Waals surface area contributed by atoms with Gasteiger partial charge in [-0.1, -0.05) is 19.3 Å². The molecule has 122 valence electrons. The number of methoxy groups -OCH3 is 1. The molecule has 2 N–H and O–H groups in total. The molecule has 0 unspecified atom stereocenters. The maximum absolute atomic E-state index is 12.2. The van der Waals surface area contributed by atoms with Crippen LogP contribution >= 0.6 is 0 Å². The minimum atomic E-state index is -0.265. The molecule has 3 rings (SSSR count). The highest BCUT2D eigenvalue weighted by Gasteiger charge is 2.20. The average molecular weight is 314 g/mol. The number of hydrogen-bond acceptors (Lipinski definition) is 3. The van der Waals surface area contributed by atoms with Gasteiger partial charge in [-0.3, -0.25) is 9.59 Å². The van der Waals surface area contributed by atoms with Crippen molar-refractivity contribution in [2.75, 3.05) is 14.2 Å². The van der Waals surface area contributed by atoms with Crippen molar-refractivity contribution in [2.24, 2.45) is 5.92 Å². The molecule has 0 atom stereocenters. The summed E-state index contributed by atoms with van der Waals surface area (Å²) in [4.78, 5) is 27.1. The van der Waals surface area contributed by atoms with E-state index in [1.165, 1.54) is 26.4 Å². The van der Waals surface area contributed by atoms with Crippen molar-refractivity contribution in [3.8, 4) is 5.75 Å². The summed E-state index contributed by atoms with van der Waals surface area (Å²) in [7, 11) is 3.09. The molecule has 0 saturated heterocycles. The second kappa shape index (κ2) is 6.44. The van der Waals surface area contributed by atoms with Gasteiger partial charge in [-0.05, 0) is 36.5 Å². The largest absolute Gasteiger partial charge is 0.496 e. The molecule has 5 nitrogen and oxygen atoms in total. The number of rotatable bonds is 5. The summed E-state index contributed by atoms with van der Waals surface area (Å²) in [6.07, 6.45) is 5.86. The zero-order chi connectivity index (χ0) is 16.4. The number of fused-ring (bicyclic) bond motifs is 1. The van der Waals surface area contributed by atoms with Gasteiger partial charge in [0, 0.05) is 18.5 Å². The molecule has 1 aromatic heterocycles. The van der Waals surface area contributed by atoms with Crippen LogP contribution in [-0.4, -0.2) is 25.0 Å². The molecule has 1 amide bonds. The highest BCUT2D eigenvalue weighted by Crippen LogP contribution is 2.32. The molecule has 0 bridgehead atoms. The van der Waals surface area contributed by atoms with Crippen molar-refractivity contribution >= 4 is 16.8 Å². The average Bonchev–Trinajstić information content (AvgIpc) is 2.51. The Hall–Kier alpha value is -2.30. The number of carbonyl (C=O) groups is 1. The number of carbonyl (C=O) groups excluding carboxylic acids is 1. The van der Waals surface area contributed by atoms with Crippen LogP contribution in [0, 0.1) is 5.92 Å². The van der Waals surface area contributed by atoms with Gasteiger partial charge in [-0.15, -0.1) is 0 Å². The van der Waals surface area contributed by atoms with Crippen molar-refractivity contribution in [3.05, 3.63) is 39.7 Å². The predicted octanol–water partition coefficient (Wildman–Crippen LogP) is 2.63. The van der Waals surface area contributed by atoms with Crippen LogP contribution < -0.4 is 15.6 Å². The highest BCUT2D eigenvalue weighted by atomic mass is 16.5. The molecular formula is C18H22N2O3. The van der Waals surface area contributed by atoms with E-state index in [-0.39, 0.29) is 11.5 Å². The van der Waals surface area contributed by atoms with Crippen LogP contribution in [0.4, 0.5) is 0 Å². The molecule has 0 spiro atoms. The fourth-order valence-corrected chi connectivity index (χ4v) is 3.24. The Morgan fingerprint density at radius 2 is 2.17 bits per heavy atom. The van der Waals surface area contributed by atoms with Gasteiger partial charge in [0.2, 0.25) is 5.56 Å². The molecule has 0 aliphatic heterocycles. The lowest BCUT2D eigenvalue weighted by atomic mass is 9.81. The van der Waals surface area contributed by atoms with Gasteiger partial charge >= 0.3 is 0 Å². The van der Waals surface area contributed by atoms with Gasteiger partial charge in [-0.25, -0.2) is 0 Å². The standard InChI is InChI=1S/C18H22N2O3/c1-19-18(22)16-14(23-2)9-8-13-12(7-6-11-4-3-5-11)10-15(21)20-17(13)16/h8-11H,3-7H2,1-2H3,(H,19,22)(H,20,21). The molecule has 1 aliphatic carbocycles. The Morgan fingerprint density at radius 1 is 1.39 bits per heavy atom. The van der Waals surface area contributed by atoms with E-state index in [0.717, 1.165) is 29.7 Å². The Balaban J connectivity index is 2.11. The van der Waals surface area contributed by atoms with Crippen LogP contribution in [0.5, 0.6) is 5.75 Å². The van der Waals surface area contributed by atoms with Crippen LogP contribution in [0.2, 0.25) is 0 Å². The monoisotopic (exact) mass is 314 g/mol. The third-order valence-corrected chi connectivity index (χ3v) is 4.79. The van der Waals surface area contributed by atoms with Crippen LogP contribution in [0.3, 0.4) is 0 Å². The van der Waals surface area contributed by atoms with Crippen LogP contribution in [0.15, 0.2) is 23.0 Å². The number of hydrogen-bond donors (Lipinski definition) is 2. The summed E-state index contributed by atoms with van der Waals surface area (Å²) in [6.45, 7) is 0. The fraction of sp³-hybridized carbons (Fsp3) is 0.444. The smallest absolute Gasteiger partial charge is 0.256 e. The number of amides is 1. The molecule has 2 aromatic rings. The van der Waals surface area contributed by atoms with Crippen LogP contribution in [0.1, 0.15) is 41.6 Å². The second-order valence-corrected chi connectivity index (χ2v) is 6.14. The molecule has 0 radical (unpaired) electrons. The Bertz CT molecular complexity index is 791. The number of nitrogens with one attached hydrogen (secondary N) is 2. The van der Waals surface area contributed by atoms with E-state index >= 15 is 0 Å². The van der Waals surface area contributed by atoms with Gasteiger partial charge in [0.25, 0.3) is 5.91 Å². The summed E-state index contributed by atoms with van der Waals surface area (Å²) in [5.74, 6) is 0.976. The van der Waals surface area contributed by atoms with E-state index in [0.29, 0.717) is 16.8 Å². The van der Waals surface area contributed by atoms with Crippen molar-refractivity contribution in [3.63, 3.8) is 0 Å². The first-order valence-corrected chi connectivity index (χ1v) is 8.09. The lowest BCUT2D eigenvalue weighted by Gasteiger charge is -2.25. The van der Waals surface area contributed by atoms with Crippen molar-refractivity contribution in [2.45, 2.75) is 32.1 Å². The number of aromatic amines is 1. The Morgan fingerprint density at radius 3 is 2.78 bits per heavy atom. The van der Waals surface area contributed by atoms with Gasteiger partial charge in [0.15, 0.2) is 0 Å². The summed E-state index contributed by atoms with van der Waals surface area (Å²) < 4.78 is 5.30. The number of H-pyrrole nitrogens is 1. The van der Waals surface area contributed by atoms with E-state index in [9.17, 15) is 9.59 Å². The fourth-order valence-electron chi connectivity index (χ4n) is 3.24. The predicted molar refractivity (Wildman–Crippen MR) is 90.2 cm³/mol.